The van der Waals surface area contributed by atoms with Gasteiger partial charge in [0.1, 0.15) is 0 Å². The van der Waals surface area contributed by atoms with E-state index in [1.54, 1.807) is 0 Å². The van der Waals surface area contributed by atoms with Gasteiger partial charge in [0.05, 0.1) is 0 Å². The number of hydrogen-bond donors (Lipinski definition) is 1. The van der Waals surface area contributed by atoms with Gasteiger partial charge in [-0.2, -0.15) is 0 Å². The van der Waals surface area contributed by atoms with Crippen LogP contribution in [0, 0.1) is 0 Å². The first-order valence-electron chi connectivity index (χ1n) is 5.86. The van der Waals surface area contributed by atoms with Crippen molar-refractivity contribution in [3.8, 4) is 0 Å². The summed E-state index contributed by atoms with van der Waals surface area (Å²) in [6.45, 7) is 9.81. The number of rotatable bonds is 3. The highest BCUT2D eigenvalue weighted by Gasteiger charge is 2.12. The lowest BCUT2D eigenvalue weighted by Gasteiger charge is -2.18. The molecule has 0 aliphatic carbocycles. The number of benzene rings is 1. The van der Waals surface area contributed by atoms with E-state index in [4.69, 9.17) is 0 Å². The van der Waals surface area contributed by atoms with Gasteiger partial charge >= 0.3 is 0 Å². The molecule has 0 aliphatic rings. The maximum Gasteiger partial charge on any atom is 0.0162 e. The van der Waals surface area contributed by atoms with Gasteiger partial charge in [-0.1, -0.05) is 56.7 Å². The maximum absolute atomic E-state index is 3.16. The molecule has 0 amide bonds. The minimum Gasteiger partial charge on any atom is -0.316 e. The Balaban J connectivity index is 2.83. The summed E-state index contributed by atoms with van der Waals surface area (Å²) in [6.07, 6.45) is 2.23. The zero-order valence-corrected chi connectivity index (χ0v) is 11.1. The highest BCUT2D eigenvalue weighted by atomic mass is 14.8. The molecule has 0 aromatic heterocycles. The van der Waals surface area contributed by atoms with E-state index in [2.05, 4.69) is 63.4 Å². The molecule has 0 spiro atoms. The zero-order valence-electron chi connectivity index (χ0n) is 11.1. The van der Waals surface area contributed by atoms with Crippen LogP contribution in [0.1, 0.15) is 38.8 Å². The smallest absolute Gasteiger partial charge is 0.0162 e. The zero-order chi connectivity index (χ0) is 12.2. The second kappa shape index (κ2) is 5.31. The Morgan fingerprint density at radius 2 is 1.75 bits per heavy atom. The fourth-order valence-corrected chi connectivity index (χ4v) is 1.69. The average molecular weight is 217 g/mol. The molecule has 16 heavy (non-hydrogen) atoms. The standard InChI is InChI=1S/C15H23N/c1-12(11-16-5)10-13-6-8-14(9-7-13)15(2,3)4/h6-10,16H,11H2,1-5H3. The van der Waals surface area contributed by atoms with Gasteiger partial charge in [0.15, 0.2) is 0 Å². The lowest BCUT2D eigenvalue weighted by Crippen LogP contribution is -2.10. The summed E-state index contributed by atoms with van der Waals surface area (Å²) >= 11 is 0. The predicted molar refractivity (Wildman–Crippen MR) is 72.7 cm³/mol. The van der Waals surface area contributed by atoms with Crippen LogP contribution in [0.2, 0.25) is 0 Å². The molecule has 1 N–H and O–H groups in total. The van der Waals surface area contributed by atoms with E-state index in [1.165, 1.54) is 16.7 Å². The summed E-state index contributed by atoms with van der Waals surface area (Å²) in [7, 11) is 1.97. The van der Waals surface area contributed by atoms with Gasteiger partial charge in [0.25, 0.3) is 0 Å². The molecule has 0 saturated carbocycles. The van der Waals surface area contributed by atoms with Crippen LogP contribution in [0.5, 0.6) is 0 Å². The fraction of sp³-hybridized carbons (Fsp3) is 0.467. The Morgan fingerprint density at radius 1 is 1.19 bits per heavy atom. The molecule has 0 aliphatic heterocycles. The molecule has 88 valence electrons. The van der Waals surface area contributed by atoms with Crippen molar-refractivity contribution in [3.63, 3.8) is 0 Å². The molecule has 0 atom stereocenters. The van der Waals surface area contributed by atoms with E-state index < -0.39 is 0 Å². The van der Waals surface area contributed by atoms with Gasteiger partial charge in [0, 0.05) is 6.54 Å². The molecule has 1 rings (SSSR count). The minimum absolute atomic E-state index is 0.238. The normalized spacial score (nSPS) is 12.9. The molecule has 0 bridgehead atoms. The third-order valence-electron chi connectivity index (χ3n) is 2.65. The van der Waals surface area contributed by atoms with Crippen molar-refractivity contribution in [2.45, 2.75) is 33.1 Å². The third-order valence-corrected chi connectivity index (χ3v) is 2.65. The topological polar surface area (TPSA) is 12.0 Å². The van der Waals surface area contributed by atoms with Crippen molar-refractivity contribution in [1.29, 1.82) is 0 Å². The second-order valence-electron chi connectivity index (χ2n) is 5.39. The van der Waals surface area contributed by atoms with E-state index >= 15 is 0 Å². The molecule has 1 heteroatoms. The third kappa shape index (κ3) is 3.82. The average Bonchev–Trinajstić information content (AvgIpc) is 2.17. The maximum atomic E-state index is 3.16. The van der Waals surface area contributed by atoms with Gasteiger partial charge < -0.3 is 5.32 Å². The summed E-state index contributed by atoms with van der Waals surface area (Å²) in [5.41, 5.74) is 4.25. The number of nitrogens with one attached hydrogen (secondary N) is 1. The molecule has 0 fully saturated rings. The molecule has 0 radical (unpaired) electrons. The molecular formula is C15H23N. The van der Waals surface area contributed by atoms with Crippen molar-refractivity contribution in [2.24, 2.45) is 0 Å². The van der Waals surface area contributed by atoms with Gasteiger partial charge in [-0.15, -0.1) is 0 Å². The Morgan fingerprint density at radius 3 is 2.19 bits per heavy atom. The van der Waals surface area contributed by atoms with Crippen molar-refractivity contribution in [2.75, 3.05) is 13.6 Å². The van der Waals surface area contributed by atoms with E-state index in [0.717, 1.165) is 6.54 Å². The van der Waals surface area contributed by atoms with E-state index in [1.807, 2.05) is 7.05 Å². The van der Waals surface area contributed by atoms with Gasteiger partial charge in [-0.3, -0.25) is 0 Å². The van der Waals surface area contributed by atoms with Crippen molar-refractivity contribution in [1.82, 2.24) is 5.32 Å². The minimum atomic E-state index is 0.238. The lowest BCUT2D eigenvalue weighted by molar-refractivity contribution is 0.590. The van der Waals surface area contributed by atoms with Crippen LogP contribution < -0.4 is 5.32 Å². The molecule has 0 unspecified atom stereocenters. The first-order valence-corrected chi connectivity index (χ1v) is 5.86. The van der Waals surface area contributed by atoms with Crippen LogP contribution in [0.25, 0.3) is 6.08 Å². The van der Waals surface area contributed by atoms with Gasteiger partial charge in [0.2, 0.25) is 0 Å². The highest BCUT2D eigenvalue weighted by molar-refractivity contribution is 5.53. The number of likely N-dealkylation sites (N-methyl/N-ethyl adjacent to an activating group) is 1. The monoisotopic (exact) mass is 217 g/mol. The van der Waals surface area contributed by atoms with Crippen molar-refractivity contribution >= 4 is 6.08 Å². The molecule has 1 aromatic carbocycles. The van der Waals surface area contributed by atoms with E-state index in [9.17, 15) is 0 Å². The molecule has 1 aromatic rings. The van der Waals surface area contributed by atoms with Crippen LogP contribution in [-0.4, -0.2) is 13.6 Å². The Bertz CT molecular complexity index is 352. The van der Waals surface area contributed by atoms with Crippen LogP contribution in [0.4, 0.5) is 0 Å². The van der Waals surface area contributed by atoms with Gasteiger partial charge in [-0.05, 0) is 30.5 Å². The first-order chi connectivity index (χ1) is 7.43. The summed E-state index contributed by atoms with van der Waals surface area (Å²) in [6, 6.07) is 8.83. The highest BCUT2D eigenvalue weighted by Crippen LogP contribution is 2.22. The summed E-state index contributed by atoms with van der Waals surface area (Å²) in [4.78, 5) is 0. The van der Waals surface area contributed by atoms with Crippen LogP contribution >= 0.6 is 0 Å². The van der Waals surface area contributed by atoms with Crippen LogP contribution in [0.15, 0.2) is 29.8 Å². The fourth-order valence-electron chi connectivity index (χ4n) is 1.69. The van der Waals surface area contributed by atoms with Crippen molar-refractivity contribution in [3.05, 3.63) is 41.0 Å². The van der Waals surface area contributed by atoms with Crippen molar-refractivity contribution < 1.29 is 0 Å². The molecule has 0 heterocycles. The first kappa shape index (κ1) is 13.0. The Hall–Kier alpha value is -1.08. The summed E-state index contributed by atoms with van der Waals surface area (Å²) in [5.74, 6) is 0. The predicted octanol–water partition coefficient (Wildman–Crippen LogP) is 3.61. The summed E-state index contributed by atoms with van der Waals surface area (Å²) in [5, 5.41) is 3.16. The van der Waals surface area contributed by atoms with E-state index in [-0.39, 0.29) is 5.41 Å². The van der Waals surface area contributed by atoms with Crippen LogP contribution in [-0.2, 0) is 5.41 Å². The quantitative estimate of drug-likeness (QED) is 0.815. The second-order valence-corrected chi connectivity index (χ2v) is 5.39. The largest absolute Gasteiger partial charge is 0.316 e. The Kier molecular flexibility index (Phi) is 4.31. The molecular weight excluding hydrogens is 194 g/mol. The SMILES string of the molecule is CNCC(C)=Cc1ccc(C(C)(C)C)cc1. The Labute approximate surface area is 99.6 Å². The molecule has 0 saturated heterocycles. The van der Waals surface area contributed by atoms with Crippen LogP contribution in [0.3, 0.4) is 0 Å². The lowest BCUT2D eigenvalue weighted by atomic mass is 9.86. The number of hydrogen-bond acceptors (Lipinski definition) is 1. The molecule has 1 nitrogen and oxygen atoms in total. The van der Waals surface area contributed by atoms with Gasteiger partial charge in [-0.25, -0.2) is 0 Å². The van der Waals surface area contributed by atoms with E-state index in [0.29, 0.717) is 0 Å². The summed E-state index contributed by atoms with van der Waals surface area (Å²) < 4.78 is 0.